The number of hydrogen-bond donors (Lipinski definition) is 4. The fourth-order valence-electron chi connectivity index (χ4n) is 3.09. The van der Waals surface area contributed by atoms with Gasteiger partial charge < -0.3 is 20.8 Å². The molecule has 0 radical (unpaired) electrons. The van der Waals surface area contributed by atoms with Gasteiger partial charge in [0.25, 0.3) is 0 Å². The monoisotopic (exact) mass is 566 g/mol. The van der Waals surface area contributed by atoms with Gasteiger partial charge in [-0.05, 0) is 81.8 Å². The summed E-state index contributed by atoms with van der Waals surface area (Å²) in [6, 6.07) is 8.48. The number of carboxylic acids is 2. The first-order chi connectivity index (χ1) is 17.1. The molecule has 0 fully saturated rings. The zero-order valence-electron chi connectivity index (χ0n) is 17.4. The SMILES string of the molecule is O=C(O)c1cc(Nc2nc(Cl)nc(Cl)n2)ccc1-c1ccc(Nc2nc(Cl)nc(Cl)n2)cc1C(=O)O. The maximum absolute atomic E-state index is 12.0. The Labute approximate surface area is 221 Å². The second-order valence-corrected chi connectivity index (χ2v) is 8.13. The number of benzene rings is 2. The largest absolute Gasteiger partial charge is 0.478 e. The molecular formula is C20H10Cl4N8O4. The molecule has 0 unspecified atom stereocenters. The molecule has 0 aliphatic rings. The van der Waals surface area contributed by atoms with Crippen LogP contribution in [0.3, 0.4) is 0 Å². The lowest BCUT2D eigenvalue weighted by Gasteiger charge is -2.14. The highest BCUT2D eigenvalue weighted by molar-refractivity contribution is 6.31. The quantitative estimate of drug-likeness (QED) is 0.229. The van der Waals surface area contributed by atoms with E-state index in [1.165, 1.54) is 36.4 Å². The number of nitrogens with one attached hydrogen (secondary N) is 2. The predicted molar refractivity (Wildman–Crippen MR) is 132 cm³/mol. The Bertz CT molecular complexity index is 1370. The third-order valence-corrected chi connectivity index (χ3v) is 5.14. The smallest absolute Gasteiger partial charge is 0.336 e. The number of anilines is 4. The number of hydrogen-bond acceptors (Lipinski definition) is 10. The lowest BCUT2D eigenvalue weighted by atomic mass is 9.94. The van der Waals surface area contributed by atoms with Gasteiger partial charge in [0.1, 0.15) is 0 Å². The van der Waals surface area contributed by atoms with E-state index in [9.17, 15) is 19.8 Å². The van der Waals surface area contributed by atoms with Crippen LogP contribution in [0.5, 0.6) is 0 Å². The zero-order valence-corrected chi connectivity index (χ0v) is 20.4. The molecule has 36 heavy (non-hydrogen) atoms. The van der Waals surface area contributed by atoms with E-state index in [0.29, 0.717) is 0 Å². The van der Waals surface area contributed by atoms with Crippen molar-refractivity contribution in [2.45, 2.75) is 0 Å². The van der Waals surface area contributed by atoms with Gasteiger partial charge in [-0.2, -0.15) is 29.9 Å². The summed E-state index contributed by atoms with van der Waals surface area (Å²) in [5.41, 5.74) is 0.488. The van der Waals surface area contributed by atoms with Crippen LogP contribution in [0.25, 0.3) is 11.1 Å². The third kappa shape index (κ3) is 5.86. The van der Waals surface area contributed by atoms with Crippen LogP contribution in [0.4, 0.5) is 23.3 Å². The van der Waals surface area contributed by atoms with Gasteiger partial charge in [0.2, 0.25) is 33.0 Å². The number of aromatic nitrogens is 6. The van der Waals surface area contributed by atoms with Crippen LogP contribution in [0.2, 0.25) is 21.1 Å². The zero-order chi connectivity index (χ0) is 26.0. The minimum atomic E-state index is -1.30. The first-order valence-electron chi connectivity index (χ1n) is 9.52. The van der Waals surface area contributed by atoms with E-state index in [4.69, 9.17) is 46.4 Å². The number of rotatable bonds is 7. The molecule has 2 aromatic carbocycles. The summed E-state index contributed by atoms with van der Waals surface area (Å²) in [4.78, 5) is 46.8. The Morgan fingerprint density at radius 1 is 0.583 bits per heavy atom. The van der Waals surface area contributed by atoms with Crippen molar-refractivity contribution >= 4 is 81.6 Å². The molecule has 0 aliphatic heterocycles. The summed E-state index contributed by atoms with van der Waals surface area (Å²) in [6.45, 7) is 0. The summed E-state index contributed by atoms with van der Waals surface area (Å²) in [6.07, 6.45) is 0. The van der Waals surface area contributed by atoms with E-state index in [2.05, 4.69) is 40.5 Å². The van der Waals surface area contributed by atoms with Crippen LogP contribution in [-0.2, 0) is 0 Å². The highest BCUT2D eigenvalue weighted by Gasteiger charge is 2.20. The number of aromatic carboxylic acids is 2. The molecule has 16 heteroatoms. The van der Waals surface area contributed by atoms with Gasteiger partial charge in [0.05, 0.1) is 11.1 Å². The molecule has 4 rings (SSSR count). The summed E-state index contributed by atoms with van der Waals surface area (Å²) in [5.74, 6) is -2.62. The minimum Gasteiger partial charge on any atom is -0.478 e. The average molecular weight is 568 g/mol. The third-order valence-electron chi connectivity index (χ3n) is 4.46. The molecule has 0 spiro atoms. The Kier molecular flexibility index (Phi) is 7.31. The van der Waals surface area contributed by atoms with Crippen LogP contribution in [0.1, 0.15) is 20.7 Å². The fraction of sp³-hybridized carbons (Fsp3) is 0. The second kappa shape index (κ2) is 10.4. The normalized spacial score (nSPS) is 10.7. The molecule has 2 aromatic heterocycles. The van der Waals surface area contributed by atoms with Crippen molar-refractivity contribution in [3.63, 3.8) is 0 Å². The predicted octanol–water partition coefficient (Wildman–Crippen LogP) is 5.22. The van der Waals surface area contributed by atoms with E-state index < -0.39 is 11.9 Å². The van der Waals surface area contributed by atoms with Gasteiger partial charge in [-0.1, -0.05) is 12.1 Å². The van der Waals surface area contributed by atoms with Gasteiger partial charge in [-0.25, -0.2) is 9.59 Å². The molecule has 0 saturated carbocycles. The molecular weight excluding hydrogens is 558 g/mol. The van der Waals surface area contributed by atoms with Crippen LogP contribution in [0, 0.1) is 0 Å². The highest BCUT2D eigenvalue weighted by atomic mass is 35.5. The Morgan fingerprint density at radius 2 is 0.917 bits per heavy atom. The second-order valence-electron chi connectivity index (χ2n) is 6.78. The van der Waals surface area contributed by atoms with Crippen molar-refractivity contribution in [1.29, 1.82) is 0 Å². The molecule has 4 N–H and O–H groups in total. The lowest BCUT2D eigenvalue weighted by Crippen LogP contribution is -2.07. The van der Waals surface area contributed by atoms with Crippen molar-refractivity contribution in [3.05, 3.63) is 68.7 Å². The first-order valence-corrected chi connectivity index (χ1v) is 11.0. The van der Waals surface area contributed by atoms with Crippen LogP contribution in [-0.4, -0.2) is 52.1 Å². The molecule has 4 aromatic rings. The number of carboxylic acid groups (broad SMARTS) is 2. The van der Waals surface area contributed by atoms with Crippen molar-refractivity contribution in [1.82, 2.24) is 29.9 Å². The summed E-state index contributed by atoms with van der Waals surface area (Å²) >= 11 is 23.1. The molecule has 0 atom stereocenters. The lowest BCUT2D eigenvalue weighted by molar-refractivity contribution is 0.0684. The summed E-state index contributed by atoms with van der Waals surface area (Å²) in [7, 11) is 0. The van der Waals surface area contributed by atoms with Gasteiger partial charge >= 0.3 is 11.9 Å². The van der Waals surface area contributed by atoms with E-state index in [1.54, 1.807) is 0 Å². The van der Waals surface area contributed by atoms with E-state index in [-0.39, 0.29) is 66.7 Å². The van der Waals surface area contributed by atoms with Crippen molar-refractivity contribution < 1.29 is 19.8 Å². The average Bonchev–Trinajstić information content (AvgIpc) is 2.77. The molecule has 0 saturated heterocycles. The maximum Gasteiger partial charge on any atom is 0.336 e. The standard InChI is InChI=1S/C20H10Cl4N8O4/c21-15-27-16(22)30-19(29-15)25-7-1-3-9(11(5-7)13(33)34)10-4-2-8(6-12(10)14(35)36)26-20-31-17(23)28-18(24)32-20/h1-6H,(H,33,34)(H,35,36)(H,25,27,29,30)(H,26,28,31,32). The van der Waals surface area contributed by atoms with Gasteiger partial charge in [-0.3, -0.25) is 0 Å². The summed E-state index contributed by atoms with van der Waals surface area (Å²) < 4.78 is 0. The highest BCUT2D eigenvalue weighted by Crippen LogP contribution is 2.32. The minimum absolute atomic E-state index is 0.00993. The molecule has 0 amide bonds. The summed E-state index contributed by atoms with van der Waals surface area (Å²) in [5, 5.41) is 24.6. The van der Waals surface area contributed by atoms with Crippen molar-refractivity contribution in [3.8, 4) is 11.1 Å². The molecule has 0 aliphatic carbocycles. The number of carbonyl (C=O) groups is 2. The number of nitrogens with zero attached hydrogens (tertiary/aromatic N) is 6. The molecule has 12 nitrogen and oxygen atoms in total. The van der Waals surface area contributed by atoms with Crippen molar-refractivity contribution in [2.75, 3.05) is 10.6 Å². The van der Waals surface area contributed by atoms with Crippen LogP contribution >= 0.6 is 46.4 Å². The molecule has 182 valence electrons. The Morgan fingerprint density at radius 3 is 1.22 bits per heavy atom. The van der Waals surface area contributed by atoms with E-state index in [0.717, 1.165) is 0 Å². The Balaban J connectivity index is 1.72. The Hall–Kier alpha value is -3.84. The van der Waals surface area contributed by atoms with Crippen LogP contribution < -0.4 is 10.6 Å². The van der Waals surface area contributed by atoms with Crippen molar-refractivity contribution in [2.24, 2.45) is 0 Å². The van der Waals surface area contributed by atoms with Crippen LogP contribution in [0.15, 0.2) is 36.4 Å². The van der Waals surface area contributed by atoms with Gasteiger partial charge in [0.15, 0.2) is 0 Å². The number of halogens is 4. The van der Waals surface area contributed by atoms with E-state index in [1.807, 2.05) is 0 Å². The first kappa shape index (κ1) is 25.3. The maximum atomic E-state index is 12.0. The fourth-order valence-corrected chi connectivity index (χ4v) is 3.82. The molecule has 0 bridgehead atoms. The van der Waals surface area contributed by atoms with Gasteiger partial charge in [0, 0.05) is 11.4 Å². The molecule has 2 heterocycles. The topological polar surface area (TPSA) is 176 Å². The van der Waals surface area contributed by atoms with Gasteiger partial charge in [-0.15, -0.1) is 0 Å². The van der Waals surface area contributed by atoms with E-state index >= 15 is 0 Å².